The number of amides is 1. The average Bonchev–Trinajstić information content (AvgIpc) is 3.16. The van der Waals surface area contributed by atoms with Crippen LogP contribution in [0.1, 0.15) is 18.9 Å². The molecule has 7 nitrogen and oxygen atoms in total. The summed E-state index contributed by atoms with van der Waals surface area (Å²) in [6.07, 6.45) is 0.826. The number of hydrogen-bond donors (Lipinski definition) is 2. The second kappa shape index (κ2) is 8.97. The quantitative estimate of drug-likeness (QED) is 0.585. The van der Waals surface area contributed by atoms with Crippen LogP contribution in [0.4, 0.5) is 10.3 Å². The Kier molecular flexibility index (Phi) is 6.40. The van der Waals surface area contributed by atoms with E-state index < -0.39 is 21.7 Å². The first-order valence-electron chi connectivity index (χ1n) is 8.98. The molecule has 152 valence electrons. The van der Waals surface area contributed by atoms with Gasteiger partial charge in [0.1, 0.15) is 11.5 Å². The molecule has 2 N–H and O–H groups in total. The maximum atomic E-state index is 12.9. The molecule has 0 unspecified atom stereocenters. The minimum atomic E-state index is -3.82. The van der Waals surface area contributed by atoms with E-state index in [1.165, 1.54) is 5.56 Å². The fourth-order valence-corrected chi connectivity index (χ4v) is 3.61. The summed E-state index contributed by atoms with van der Waals surface area (Å²) in [6, 6.07) is 13.9. The van der Waals surface area contributed by atoms with Crippen molar-refractivity contribution < 1.29 is 22.1 Å². The van der Waals surface area contributed by atoms with E-state index in [1.807, 2.05) is 24.3 Å². The third-order valence-corrected chi connectivity index (χ3v) is 5.68. The van der Waals surface area contributed by atoms with Crippen molar-refractivity contribution in [3.8, 4) is 11.3 Å². The van der Waals surface area contributed by atoms with Crippen LogP contribution in [0.2, 0.25) is 0 Å². The Labute approximate surface area is 168 Å². The van der Waals surface area contributed by atoms with E-state index >= 15 is 0 Å². The molecule has 3 aromatic rings. The molecular formula is C20H20FN3O4S. The summed E-state index contributed by atoms with van der Waals surface area (Å²) in [5.74, 6) is -0.794. The number of sulfonamides is 1. The minimum absolute atomic E-state index is 0.0757. The van der Waals surface area contributed by atoms with E-state index in [-0.39, 0.29) is 23.7 Å². The highest BCUT2D eigenvalue weighted by Crippen LogP contribution is 2.22. The third kappa shape index (κ3) is 5.49. The summed E-state index contributed by atoms with van der Waals surface area (Å²) in [4.78, 5) is 11.9. The van der Waals surface area contributed by atoms with Gasteiger partial charge in [-0.25, -0.2) is 17.5 Å². The van der Waals surface area contributed by atoms with Crippen molar-refractivity contribution in [2.24, 2.45) is 0 Å². The molecule has 29 heavy (non-hydrogen) atoms. The highest BCUT2D eigenvalue weighted by atomic mass is 32.2. The normalized spacial score (nSPS) is 11.4. The monoisotopic (exact) mass is 417 g/mol. The van der Waals surface area contributed by atoms with Gasteiger partial charge in [0.05, 0.1) is 4.90 Å². The summed E-state index contributed by atoms with van der Waals surface area (Å²) in [7, 11) is -3.82. The van der Waals surface area contributed by atoms with Gasteiger partial charge in [-0.2, -0.15) is 0 Å². The molecule has 0 fully saturated rings. The van der Waals surface area contributed by atoms with Crippen LogP contribution in [0.3, 0.4) is 0 Å². The van der Waals surface area contributed by atoms with Crippen LogP contribution in [0, 0.1) is 5.82 Å². The number of aromatic nitrogens is 1. The van der Waals surface area contributed by atoms with Crippen LogP contribution >= 0.6 is 0 Å². The highest BCUT2D eigenvalue weighted by Gasteiger charge is 2.15. The fourth-order valence-electron chi connectivity index (χ4n) is 2.58. The first kappa shape index (κ1) is 20.7. The third-order valence-electron chi connectivity index (χ3n) is 4.20. The van der Waals surface area contributed by atoms with Crippen LogP contribution in [0.15, 0.2) is 64.0 Å². The molecule has 3 rings (SSSR count). The van der Waals surface area contributed by atoms with E-state index in [4.69, 9.17) is 4.52 Å². The van der Waals surface area contributed by atoms with Gasteiger partial charge in [0.15, 0.2) is 0 Å². The topological polar surface area (TPSA) is 101 Å². The molecule has 0 spiro atoms. The van der Waals surface area contributed by atoms with Gasteiger partial charge in [-0.1, -0.05) is 36.3 Å². The van der Waals surface area contributed by atoms with E-state index in [9.17, 15) is 17.6 Å². The number of rotatable bonds is 8. The van der Waals surface area contributed by atoms with Crippen LogP contribution in [-0.2, 0) is 21.2 Å². The molecule has 0 aliphatic heterocycles. The molecular weight excluding hydrogens is 397 g/mol. The molecule has 1 heterocycles. The largest absolute Gasteiger partial charge is 0.338 e. The molecule has 1 aromatic heterocycles. The van der Waals surface area contributed by atoms with E-state index in [1.54, 1.807) is 6.07 Å². The number of halogens is 1. The summed E-state index contributed by atoms with van der Waals surface area (Å²) in [6.45, 7) is 1.95. The predicted octanol–water partition coefficient (Wildman–Crippen LogP) is 3.35. The van der Waals surface area contributed by atoms with E-state index in [2.05, 4.69) is 22.1 Å². The Bertz CT molecular complexity index is 1080. The zero-order valence-electron chi connectivity index (χ0n) is 15.7. The van der Waals surface area contributed by atoms with Crippen molar-refractivity contribution in [1.29, 1.82) is 0 Å². The Morgan fingerprint density at radius 1 is 1.10 bits per heavy atom. The minimum Gasteiger partial charge on any atom is -0.338 e. The van der Waals surface area contributed by atoms with Crippen LogP contribution < -0.4 is 10.0 Å². The van der Waals surface area contributed by atoms with Crippen molar-refractivity contribution in [2.75, 3.05) is 11.9 Å². The van der Waals surface area contributed by atoms with Crippen molar-refractivity contribution in [1.82, 2.24) is 9.88 Å². The maximum absolute atomic E-state index is 12.9. The van der Waals surface area contributed by atoms with Crippen LogP contribution in [0.25, 0.3) is 11.3 Å². The number of carbonyl (C=O) groups excluding carboxylic acids is 1. The molecule has 9 heteroatoms. The SMILES string of the molecule is CCc1ccc(-c2cc(NC(=O)CCNS(=O)(=O)c3ccc(F)cc3)on2)cc1. The van der Waals surface area contributed by atoms with Crippen molar-refractivity contribution in [3.63, 3.8) is 0 Å². The van der Waals surface area contributed by atoms with Gasteiger partial charge in [-0.15, -0.1) is 0 Å². The Hall–Kier alpha value is -3.04. The second-order valence-corrected chi connectivity index (χ2v) is 8.04. The summed E-state index contributed by atoms with van der Waals surface area (Å²) in [5.41, 5.74) is 2.65. The Morgan fingerprint density at radius 2 is 1.79 bits per heavy atom. The standard InChI is InChI=1S/C20H20FN3O4S/c1-2-14-3-5-15(6-4-14)18-13-20(28-24-18)23-19(25)11-12-22-29(26,27)17-9-7-16(21)8-10-17/h3-10,13,22H,2,11-12H2,1H3,(H,23,25). The number of carbonyl (C=O) groups is 1. The molecule has 2 aromatic carbocycles. The van der Waals surface area contributed by atoms with Gasteiger partial charge >= 0.3 is 0 Å². The second-order valence-electron chi connectivity index (χ2n) is 6.28. The first-order chi connectivity index (χ1) is 13.9. The molecule has 1 amide bonds. The molecule has 0 saturated carbocycles. The van der Waals surface area contributed by atoms with Crippen molar-refractivity contribution in [2.45, 2.75) is 24.7 Å². The summed E-state index contributed by atoms with van der Waals surface area (Å²) >= 11 is 0. The van der Waals surface area contributed by atoms with Crippen LogP contribution in [-0.4, -0.2) is 26.0 Å². The smallest absolute Gasteiger partial charge is 0.240 e. The number of aryl methyl sites for hydroxylation is 1. The molecule has 0 aliphatic rings. The molecule has 0 bridgehead atoms. The summed E-state index contributed by atoms with van der Waals surface area (Å²) < 4.78 is 44.5. The van der Waals surface area contributed by atoms with Gasteiger partial charge in [-0.3, -0.25) is 10.1 Å². The zero-order valence-corrected chi connectivity index (χ0v) is 16.5. The van der Waals surface area contributed by atoms with Crippen LogP contribution in [0.5, 0.6) is 0 Å². The maximum Gasteiger partial charge on any atom is 0.240 e. The number of anilines is 1. The molecule has 0 saturated heterocycles. The zero-order chi connectivity index (χ0) is 20.9. The molecule has 0 radical (unpaired) electrons. The van der Waals surface area contributed by atoms with Gasteiger partial charge in [-0.05, 0) is 36.2 Å². The van der Waals surface area contributed by atoms with Gasteiger partial charge in [0.25, 0.3) is 0 Å². The van der Waals surface area contributed by atoms with Crippen molar-refractivity contribution >= 4 is 21.8 Å². The lowest BCUT2D eigenvalue weighted by Crippen LogP contribution is -2.27. The number of hydrogen-bond acceptors (Lipinski definition) is 5. The van der Waals surface area contributed by atoms with Gasteiger partial charge < -0.3 is 4.52 Å². The Morgan fingerprint density at radius 3 is 2.45 bits per heavy atom. The summed E-state index contributed by atoms with van der Waals surface area (Å²) in [5, 5.41) is 6.47. The van der Waals surface area contributed by atoms with E-state index in [0.29, 0.717) is 5.69 Å². The van der Waals surface area contributed by atoms with Gasteiger partial charge in [0.2, 0.25) is 21.8 Å². The lowest BCUT2D eigenvalue weighted by atomic mass is 10.1. The van der Waals surface area contributed by atoms with E-state index in [0.717, 1.165) is 36.2 Å². The predicted molar refractivity (Wildman–Crippen MR) is 106 cm³/mol. The first-order valence-corrected chi connectivity index (χ1v) is 10.5. The highest BCUT2D eigenvalue weighted by molar-refractivity contribution is 7.89. The average molecular weight is 417 g/mol. The lowest BCUT2D eigenvalue weighted by Gasteiger charge is -2.06. The molecule has 0 aliphatic carbocycles. The number of nitrogens with one attached hydrogen (secondary N) is 2. The fraction of sp³-hybridized carbons (Fsp3) is 0.200. The lowest BCUT2D eigenvalue weighted by molar-refractivity contribution is -0.116. The number of nitrogens with zero attached hydrogens (tertiary/aromatic N) is 1. The van der Waals surface area contributed by atoms with Crippen molar-refractivity contribution in [3.05, 3.63) is 66.0 Å². The Balaban J connectivity index is 1.52. The number of benzene rings is 2. The molecule has 0 atom stereocenters. The van der Waals surface area contributed by atoms with Gasteiger partial charge in [0, 0.05) is 24.6 Å².